The van der Waals surface area contributed by atoms with Crippen LogP contribution in [0.5, 0.6) is 0 Å². The summed E-state index contributed by atoms with van der Waals surface area (Å²) in [6.45, 7) is 3.42. The van der Waals surface area contributed by atoms with Gasteiger partial charge < -0.3 is 11.1 Å². The second-order valence-electron chi connectivity index (χ2n) is 5.87. The fourth-order valence-corrected chi connectivity index (χ4v) is 2.26. The largest absolute Gasteiger partial charge is 0.416 e. The average molecular weight is 300 g/mol. The van der Waals surface area contributed by atoms with Gasteiger partial charge in [0.1, 0.15) is 0 Å². The van der Waals surface area contributed by atoms with Gasteiger partial charge in [0.2, 0.25) is 5.91 Å². The molecule has 2 unspecified atom stereocenters. The fourth-order valence-electron chi connectivity index (χ4n) is 2.26. The Morgan fingerprint density at radius 3 is 2.24 bits per heavy atom. The highest BCUT2D eigenvalue weighted by molar-refractivity contribution is 5.86. The predicted molar refractivity (Wildman–Crippen MR) is 73.3 cm³/mol. The smallest absolute Gasteiger partial charge is 0.348 e. The van der Waals surface area contributed by atoms with E-state index in [4.69, 9.17) is 5.73 Å². The van der Waals surface area contributed by atoms with Crippen LogP contribution in [0.25, 0.3) is 0 Å². The van der Waals surface area contributed by atoms with Crippen LogP contribution in [0.15, 0.2) is 24.3 Å². The van der Waals surface area contributed by atoms with E-state index in [0.717, 1.165) is 25.0 Å². The quantitative estimate of drug-likeness (QED) is 0.898. The molecule has 1 aliphatic rings. The Morgan fingerprint density at radius 2 is 1.81 bits per heavy atom. The maximum Gasteiger partial charge on any atom is 0.416 e. The van der Waals surface area contributed by atoms with Gasteiger partial charge in [-0.3, -0.25) is 4.79 Å². The third kappa shape index (κ3) is 3.56. The van der Waals surface area contributed by atoms with E-state index >= 15 is 0 Å². The number of hydrogen-bond donors (Lipinski definition) is 2. The molecule has 0 aliphatic heterocycles. The summed E-state index contributed by atoms with van der Waals surface area (Å²) in [7, 11) is 0. The molecule has 2 rings (SSSR count). The van der Waals surface area contributed by atoms with E-state index in [1.807, 2.05) is 0 Å². The third-order valence-electron chi connectivity index (χ3n) is 4.00. The summed E-state index contributed by atoms with van der Waals surface area (Å²) in [5, 5.41) is 2.77. The molecule has 3 N–H and O–H groups in total. The van der Waals surface area contributed by atoms with Gasteiger partial charge in [-0.05, 0) is 50.3 Å². The lowest BCUT2D eigenvalue weighted by molar-refractivity contribution is -0.137. The van der Waals surface area contributed by atoms with Crippen LogP contribution in [0.2, 0.25) is 0 Å². The molecule has 1 aromatic rings. The molecule has 0 saturated heterocycles. The molecule has 0 spiro atoms. The Hall–Kier alpha value is -1.56. The number of alkyl halides is 3. The van der Waals surface area contributed by atoms with E-state index in [-0.39, 0.29) is 17.9 Å². The first kappa shape index (κ1) is 15.8. The van der Waals surface area contributed by atoms with Crippen LogP contribution < -0.4 is 11.1 Å². The van der Waals surface area contributed by atoms with E-state index in [9.17, 15) is 18.0 Å². The standard InChI is InChI=1S/C15H19F3N2O/c1-9(20-13(21)14(2,19)11-7-8-11)10-3-5-12(6-4-10)15(16,17)18/h3-6,9,11H,7-8,19H2,1-2H3,(H,20,21). The molecule has 6 heteroatoms. The molecule has 0 bridgehead atoms. The van der Waals surface area contributed by atoms with Crippen LogP contribution in [0.1, 0.15) is 43.9 Å². The lowest BCUT2D eigenvalue weighted by Gasteiger charge is -2.26. The summed E-state index contributed by atoms with van der Waals surface area (Å²) in [5.74, 6) is -0.0743. The van der Waals surface area contributed by atoms with Crippen molar-refractivity contribution in [3.8, 4) is 0 Å². The van der Waals surface area contributed by atoms with Gasteiger partial charge in [0.25, 0.3) is 0 Å². The zero-order valence-corrected chi connectivity index (χ0v) is 12.0. The van der Waals surface area contributed by atoms with E-state index in [1.165, 1.54) is 12.1 Å². The molecule has 2 atom stereocenters. The molecule has 21 heavy (non-hydrogen) atoms. The number of rotatable bonds is 4. The zero-order valence-electron chi connectivity index (χ0n) is 12.0. The van der Waals surface area contributed by atoms with E-state index in [2.05, 4.69) is 5.32 Å². The van der Waals surface area contributed by atoms with Gasteiger partial charge in [0, 0.05) is 0 Å². The number of carbonyl (C=O) groups excluding carboxylic acids is 1. The molecule has 1 aromatic carbocycles. The van der Waals surface area contributed by atoms with Gasteiger partial charge in [-0.15, -0.1) is 0 Å². The van der Waals surface area contributed by atoms with Crippen LogP contribution in [0.3, 0.4) is 0 Å². The minimum absolute atomic E-state index is 0.192. The van der Waals surface area contributed by atoms with Crippen LogP contribution in [0.4, 0.5) is 13.2 Å². The molecule has 1 aliphatic carbocycles. The van der Waals surface area contributed by atoms with Gasteiger partial charge in [0.15, 0.2) is 0 Å². The van der Waals surface area contributed by atoms with Crippen molar-refractivity contribution in [2.45, 2.75) is 44.4 Å². The number of nitrogens with one attached hydrogen (secondary N) is 1. The van der Waals surface area contributed by atoms with E-state index in [1.54, 1.807) is 13.8 Å². The van der Waals surface area contributed by atoms with Gasteiger partial charge in [-0.25, -0.2) is 0 Å². The second kappa shape index (κ2) is 5.33. The van der Waals surface area contributed by atoms with Crippen molar-refractivity contribution in [1.82, 2.24) is 5.32 Å². The summed E-state index contributed by atoms with van der Waals surface area (Å²) in [6, 6.07) is 4.39. The maximum absolute atomic E-state index is 12.5. The molecule has 0 radical (unpaired) electrons. The van der Waals surface area contributed by atoms with Gasteiger partial charge in [-0.2, -0.15) is 13.2 Å². The maximum atomic E-state index is 12.5. The number of carbonyl (C=O) groups is 1. The Kier molecular flexibility index (Phi) is 4.02. The summed E-state index contributed by atoms with van der Waals surface area (Å²) in [5.41, 5.74) is 5.01. The Labute approximate surface area is 121 Å². The van der Waals surface area contributed by atoms with Gasteiger partial charge >= 0.3 is 6.18 Å². The number of amides is 1. The number of nitrogens with two attached hydrogens (primary N) is 1. The minimum Gasteiger partial charge on any atom is -0.348 e. The average Bonchev–Trinajstić information content (AvgIpc) is 3.22. The van der Waals surface area contributed by atoms with Crippen molar-refractivity contribution in [2.24, 2.45) is 11.7 Å². The third-order valence-corrected chi connectivity index (χ3v) is 4.00. The summed E-state index contributed by atoms with van der Waals surface area (Å²) < 4.78 is 37.5. The monoisotopic (exact) mass is 300 g/mol. The second-order valence-corrected chi connectivity index (χ2v) is 5.87. The normalized spacial score (nSPS) is 19.7. The first-order chi connectivity index (χ1) is 9.62. The first-order valence-electron chi connectivity index (χ1n) is 6.89. The molecule has 3 nitrogen and oxygen atoms in total. The molecule has 1 amide bonds. The van der Waals surface area contributed by atoms with Crippen LogP contribution in [-0.2, 0) is 11.0 Å². The van der Waals surface area contributed by atoms with Crippen LogP contribution in [-0.4, -0.2) is 11.4 Å². The topological polar surface area (TPSA) is 55.1 Å². The number of benzene rings is 1. The molecule has 1 saturated carbocycles. The highest BCUT2D eigenvalue weighted by Gasteiger charge is 2.44. The van der Waals surface area contributed by atoms with Crippen molar-refractivity contribution in [3.05, 3.63) is 35.4 Å². The Morgan fingerprint density at radius 1 is 1.29 bits per heavy atom. The molecule has 1 fully saturated rings. The summed E-state index contributed by atoms with van der Waals surface area (Å²) in [4.78, 5) is 12.1. The van der Waals surface area contributed by atoms with Gasteiger partial charge in [-0.1, -0.05) is 12.1 Å². The SMILES string of the molecule is CC(NC(=O)C(C)(N)C1CC1)c1ccc(C(F)(F)F)cc1. The fraction of sp³-hybridized carbons (Fsp3) is 0.533. The molecule has 116 valence electrons. The first-order valence-corrected chi connectivity index (χ1v) is 6.89. The lowest BCUT2D eigenvalue weighted by Crippen LogP contribution is -2.53. The van der Waals surface area contributed by atoms with Crippen LogP contribution in [0, 0.1) is 5.92 Å². The molecular weight excluding hydrogens is 281 g/mol. The van der Waals surface area contributed by atoms with Crippen molar-refractivity contribution >= 4 is 5.91 Å². The van der Waals surface area contributed by atoms with Crippen LogP contribution >= 0.6 is 0 Å². The van der Waals surface area contributed by atoms with Crippen molar-refractivity contribution in [2.75, 3.05) is 0 Å². The van der Waals surface area contributed by atoms with E-state index < -0.39 is 17.3 Å². The summed E-state index contributed by atoms with van der Waals surface area (Å²) >= 11 is 0. The molecular formula is C15H19F3N2O. The minimum atomic E-state index is -4.35. The van der Waals surface area contributed by atoms with Crippen molar-refractivity contribution in [3.63, 3.8) is 0 Å². The molecule has 0 heterocycles. The summed E-state index contributed by atoms with van der Waals surface area (Å²) in [6.07, 6.45) is -2.48. The number of hydrogen-bond acceptors (Lipinski definition) is 2. The van der Waals surface area contributed by atoms with Crippen molar-refractivity contribution in [1.29, 1.82) is 0 Å². The Bertz CT molecular complexity index is 519. The Balaban J connectivity index is 2.03. The molecule has 0 aromatic heterocycles. The predicted octanol–water partition coefficient (Wildman–Crippen LogP) is 3.01. The van der Waals surface area contributed by atoms with E-state index in [0.29, 0.717) is 5.56 Å². The zero-order chi connectivity index (χ0) is 15.8. The highest BCUT2D eigenvalue weighted by atomic mass is 19.4. The highest BCUT2D eigenvalue weighted by Crippen LogP contribution is 2.38. The number of halogens is 3. The van der Waals surface area contributed by atoms with Gasteiger partial charge in [0.05, 0.1) is 17.1 Å². The van der Waals surface area contributed by atoms with Crippen molar-refractivity contribution < 1.29 is 18.0 Å². The lowest BCUT2D eigenvalue weighted by atomic mass is 9.95.